The van der Waals surface area contributed by atoms with Crippen LogP contribution in [0.2, 0.25) is 0 Å². The van der Waals surface area contributed by atoms with Crippen molar-refractivity contribution < 1.29 is 4.92 Å². The van der Waals surface area contributed by atoms with E-state index in [1.165, 1.54) is 25.7 Å². The summed E-state index contributed by atoms with van der Waals surface area (Å²) in [5.74, 6) is 0.887. The van der Waals surface area contributed by atoms with Crippen molar-refractivity contribution in [1.82, 2.24) is 0 Å². The lowest BCUT2D eigenvalue weighted by Crippen LogP contribution is -2.15. The summed E-state index contributed by atoms with van der Waals surface area (Å²) >= 11 is 2.13. The smallest absolute Gasteiger partial charge is 0.270 e. The Balaban J connectivity index is 1.89. The number of nitrogens with one attached hydrogen (secondary N) is 1. The maximum Gasteiger partial charge on any atom is 0.270 e. The van der Waals surface area contributed by atoms with Crippen LogP contribution in [0.1, 0.15) is 25.7 Å². The van der Waals surface area contributed by atoms with Crippen LogP contribution in [-0.2, 0) is 0 Å². The number of hydrogen-bond acceptors (Lipinski definition) is 3. The van der Waals surface area contributed by atoms with Crippen molar-refractivity contribution in [2.24, 2.45) is 5.92 Å². The molecule has 0 spiro atoms. The van der Waals surface area contributed by atoms with Crippen molar-refractivity contribution in [2.45, 2.75) is 25.7 Å². The van der Waals surface area contributed by atoms with E-state index in [2.05, 4.69) is 27.9 Å². The van der Waals surface area contributed by atoms with Crippen LogP contribution in [0.15, 0.2) is 18.2 Å². The summed E-state index contributed by atoms with van der Waals surface area (Å²) in [5, 5.41) is 13.9. The molecule has 2 rings (SSSR count). The summed E-state index contributed by atoms with van der Waals surface area (Å²) in [6, 6.07) is 4.95. The van der Waals surface area contributed by atoms with Gasteiger partial charge in [0, 0.05) is 27.9 Å². The topological polar surface area (TPSA) is 55.2 Å². The van der Waals surface area contributed by atoms with Crippen LogP contribution in [-0.4, -0.2) is 11.5 Å². The molecule has 1 saturated carbocycles. The van der Waals surface area contributed by atoms with Crippen molar-refractivity contribution in [1.29, 1.82) is 0 Å². The zero-order valence-corrected chi connectivity index (χ0v) is 11.6. The Kier molecular flexibility index (Phi) is 4.20. The molecule has 0 aliphatic heterocycles. The van der Waals surface area contributed by atoms with E-state index in [4.69, 9.17) is 0 Å². The van der Waals surface area contributed by atoms with E-state index in [-0.39, 0.29) is 10.6 Å². The molecule has 0 heterocycles. The lowest BCUT2D eigenvalue weighted by molar-refractivity contribution is -0.384. The quantitative estimate of drug-likeness (QED) is 0.501. The molecule has 0 radical (unpaired) electrons. The second-order valence-corrected chi connectivity index (χ2v) is 5.60. The van der Waals surface area contributed by atoms with Crippen LogP contribution in [0.3, 0.4) is 0 Å². The van der Waals surface area contributed by atoms with Crippen LogP contribution in [0.4, 0.5) is 11.4 Å². The summed E-state index contributed by atoms with van der Waals surface area (Å²) in [6.07, 6.45) is 5.30. The van der Waals surface area contributed by atoms with Gasteiger partial charge in [-0.15, -0.1) is 0 Å². The largest absolute Gasteiger partial charge is 0.384 e. The molecule has 0 aromatic heterocycles. The van der Waals surface area contributed by atoms with Crippen LogP contribution < -0.4 is 5.32 Å². The van der Waals surface area contributed by atoms with Gasteiger partial charge in [-0.2, -0.15) is 0 Å². The molecular weight excluding hydrogens is 331 g/mol. The first-order valence-corrected chi connectivity index (χ1v) is 6.92. The fraction of sp³-hybridized carbons (Fsp3) is 0.500. The third-order valence-corrected chi connectivity index (χ3v) is 4.15. The molecule has 1 aliphatic rings. The number of nitro groups is 1. The zero-order chi connectivity index (χ0) is 12.3. The number of non-ortho nitro benzene ring substituents is 1. The highest BCUT2D eigenvalue weighted by atomic mass is 127. The summed E-state index contributed by atoms with van der Waals surface area (Å²) in [5.41, 5.74) is 1.15. The normalized spacial score (nSPS) is 15.4. The maximum atomic E-state index is 10.6. The van der Waals surface area contributed by atoms with E-state index in [0.29, 0.717) is 0 Å². The van der Waals surface area contributed by atoms with Crippen molar-refractivity contribution in [2.75, 3.05) is 11.9 Å². The summed E-state index contributed by atoms with van der Waals surface area (Å²) < 4.78 is 0.908. The Hall–Kier alpha value is -0.850. The highest BCUT2D eigenvalue weighted by molar-refractivity contribution is 14.1. The van der Waals surface area contributed by atoms with E-state index in [0.717, 1.165) is 21.7 Å². The van der Waals surface area contributed by atoms with Gasteiger partial charge >= 0.3 is 0 Å². The molecule has 1 aliphatic carbocycles. The number of hydrogen-bond donors (Lipinski definition) is 1. The average molecular weight is 346 g/mol. The Labute approximate surface area is 114 Å². The monoisotopic (exact) mass is 346 g/mol. The Morgan fingerprint density at radius 3 is 2.76 bits per heavy atom. The van der Waals surface area contributed by atoms with E-state index in [1.807, 2.05) is 0 Å². The summed E-state index contributed by atoms with van der Waals surface area (Å²) in [6.45, 7) is 0.957. The second-order valence-electron chi connectivity index (χ2n) is 4.43. The number of nitro benzene ring substituents is 1. The molecule has 0 amide bonds. The van der Waals surface area contributed by atoms with Crippen molar-refractivity contribution >= 4 is 34.0 Å². The van der Waals surface area contributed by atoms with E-state index in [1.54, 1.807) is 18.2 Å². The molecule has 0 bridgehead atoms. The second kappa shape index (κ2) is 5.66. The Morgan fingerprint density at radius 2 is 2.24 bits per heavy atom. The van der Waals surface area contributed by atoms with Gasteiger partial charge < -0.3 is 5.32 Å². The lowest BCUT2D eigenvalue weighted by atomic mass is 9.83. The molecule has 1 N–H and O–H groups in total. The molecule has 0 saturated heterocycles. The highest BCUT2D eigenvalue weighted by Crippen LogP contribution is 2.29. The fourth-order valence-corrected chi connectivity index (χ4v) is 2.64. The molecule has 0 unspecified atom stereocenters. The number of anilines is 1. The third-order valence-electron chi connectivity index (χ3n) is 3.26. The lowest BCUT2D eigenvalue weighted by Gasteiger charge is -2.25. The average Bonchev–Trinajstić information content (AvgIpc) is 2.23. The van der Waals surface area contributed by atoms with E-state index < -0.39 is 0 Å². The predicted molar refractivity (Wildman–Crippen MR) is 76.3 cm³/mol. The van der Waals surface area contributed by atoms with Gasteiger partial charge in [-0.25, -0.2) is 0 Å². The van der Waals surface area contributed by atoms with Gasteiger partial charge in [0.25, 0.3) is 5.69 Å². The number of halogens is 1. The van der Waals surface area contributed by atoms with Gasteiger partial charge in [-0.1, -0.05) is 19.3 Å². The van der Waals surface area contributed by atoms with Crippen molar-refractivity contribution in [3.8, 4) is 0 Å². The summed E-state index contributed by atoms with van der Waals surface area (Å²) in [4.78, 5) is 10.2. The molecule has 4 nitrogen and oxygen atoms in total. The van der Waals surface area contributed by atoms with Gasteiger partial charge in [0.1, 0.15) is 0 Å². The van der Waals surface area contributed by atoms with Gasteiger partial charge in [-0.3, -0.25) is 10.1 Å². The van der Waals surface area contributed by atoms with Crippen LogP contribution in [0, 0.1) is 19.6 Å². The van der Waals surface area contributed by atoms with Crippen LogP contribution in [0.5, 0.6) is 0 Å². The molecule has 92 valence electrons. The molecule has 17 heavy (non-hydrogen) atoms. The number of benzene rings is 1. The number of rotatable bonds is 5. The Morgan fingerprint density at radius 1 is 1.47 bits per heavy atom. The van der Waals surface area contributed by atoms with Gasteiger partial charge in [0.15, 0.2) is 0 Å². The molecule has 1 aromatic rings. The van der Waals surface area contributed by atoms with E-state index in [9.17, 15) is 10.1 Å². The first kappa shape index (κ1) is 12.6. The van der Waals surface area contributed by atoms with Crippen LogP contribution in [0.25, 0.3) is 0 Å². The minimum absolute atomic E-state index is 0.152. The molecule has 1 fully saturated rings. The van der Waals surface area contributed by atoms with Crippen molar-refractivity contribution in [3.63, 3.8) is 0 Å². The van der Waals surface area contributed by atoms with Gasteiger partial charge in [-0.05, 0) is 41.0 Å². The SMILES string of the molecule is O=[N+]([O-])c1ccc(NCCC2CCC2)c(I)c1. The third kappa shape index (κ3) is 3.31. The first-order chi connectivity index (χ1) is 8.16. The standard InChI is InChI=1S/C12H15IN2O2/c13-11-8-10(15(16)17)4-5-12(11)14-7-6-9-2-1-3-9/h4-5,8-9,14H,1-3,6-7H2. The van der Waals surface area contributed by atoms with Crippen LogP contribution >= 0.6 is 22.6 Å². The molecular formula is C12H15IN2O2. The highest BCUT2D eigenvalue weighted by Gasteiger charge is 2.16. The first-order valence-electron chi connectivity index (χ1n) is 5.84. The summed E-state index contributed by atoms with van der Waals surface area (Å²) in [7, 11) is 0. The molecule has 5 heteroatoms. The Bertz CT molecular complexity index is 419. The zero-order valence-electron chi connectivity index (χ0n) is 9.49. The molecule has 1 aromatic carbocycles. The van der Waals surface area contributed by atoms with Gasteiger partial charge in [0.05, 0.1) is 4.92 Å². The van der Waals surface area contributed by atoms with Gasteiger partial charge in [0.2, 0.25) is 0 Å². The predicted octanol–water partition coefficient (Wildman–Crippen LogP) is 3.80. The number of nitrogens with zero attached hydrogens (tertiary/aromatic N) is 1. The minimum Gasteiger partial charge on any atom is -0.384 e. The van der Waals surface area contributed by atoms with E-state index >= 15 is 0 Å². The maximum absolute atomic E-state index is 10.6. The fourth-order valence-electron chi connectivity index (χ4n) is 1.95. The van der Waals surface area contributed by atoms with Crippen molar-refractivity contribution in [3.05, 3.63) is 31.9 Å². The minimum atomic E-state index is -0.361. The molecule has 0 atom stereocenters.